The van der Waals surface area contributed by atoms with E-state index in [1.807, 2.05) is 0 Å². The van der Waals surface area contributed by atoms with Crippen LogP contribution in [-0.4, -0.2) is 36.4 Å². The number of ketones is 1. The molecule has 6 nitrogen and oxygen atoms in total. The maximum Gasteiger partial charge on any atom is 0.360 e. The van der Waals surface area contributed by atoms with Crippen LogP contribution in [-0.2, 0) is 9.53 Å². The van der Waals surface area contributed by atoms with Crippen LogP contribution in [0, 0.1) is 0 Å². The molecule has 0 unspecified atom stereocenters. The summed E-state index contributed by atoms with van der Waals surface area (Å²) in [6, 6.07) is 0.307. The van der Waals surface area contributed by atoms with Crippen LogP contribution in [0.25, 0.3) is 0 Å². The average molecular weight is 238 g/mol. The molecule has 1 saturated heterocycles. The molecule has 92 valence electrons. The van der Waals surface area contributed by atoms with Gasteiger partial charge in [0.25, 0.3) is 6.01 Å². The van der Waals surface area contributed by atoms with Crippen LogP contribution in [0.2, 0.25) is 0 Å². The van der Waals surface area contributed by atoms with Gasteiger partial charge in [-0.15, -0.1) is 0 Å². The third kappa shape index (κ3) is 2.64. The number of carbonyl (C=O) groups excluding carboxylic acids is 2. The first-order valence-electron chi connectivity index (χ1n) is 5.60. The highest BCUT2D eigenvalue weighted by Gasteiger charge is 2.22. The summed E-state index contributed by atoms with van der Waals surface area (Å²) in [6.45, 7) is 3.03. The van der Waals surface area contributed by atoms with E-state index >= 15 is 0 Å². The molecule has 0 aliphatic carbocycles. The number of nitrogens with zero attached hydrogens (tertiary/aromatic N) is 2. The predicted octanol–water partition coefficient (Wildman–Crippen LogP) is 1.02. The molecular weight excluding hydrogens is 224 g/mol. The molecule has 0 spiro atoms. The van der Waals surface area contributed by atoms with Crippen molar-refractivity contribution in [1.29, 1.82) is 0 Å². The minimum absolute atomic E-state index is 0.139. The van der Waals surface area contributed by atoms with Gasteiger partial charge in [0.2, 0.25) is 0 Å². The fourth-order valence-electron chi connectivity index (χ4n) is 1.71. The molecule has 1 aliphatic heterocycles. The van der Waals surface area contributed by atoms with E-state index in [9.17, 15) is 9.59 Å². The number of carbonyl (C=O) groups is 2. The molecule has 17 heavy (non-hydrogen) atoms. The third-order valence-corrected chi connectivity index (χ3v) is 2.50. The summed E-state index contributed by atoms with van der Waals surface area (Å²) in [5, 5.41) is 0. The zero-order valence-corrected chi connectivity index (χ0v) is 9.64. The average Bonchev–Trinajstić information content (AvgIpc) is 2.78. The zero-order chi connectivity index (χ0) is 12.3. The van der Waals surface area contributed by atoms with Crippen LogP contribution in [0.3, 0.4) is 0 Å². The van der Waals surface area contributed by atoms with Crippen molar-refractivity contribution in [3.05, 3.63) is 12.0 Å². The normalized spacial score (nSPS) is 16.1. The smallest absolute Gasteiger partial charge is 0.360 e. The maximum atomic E-state index is 11.4. The van der Waals surface area contributed by atoms with E-state index in [0.717, 1.165) is 6.42 Å². The molecule has 0 atom stereocenters. The number of esters is 1. The molecule has 1 fully saturated rings. The van der Waals surface area contributed by atoms with E-state index < -0.39 is 5.97 Å². The fraction of sp³-hybridized carbons (Fsp3) is 0.545. The summed E-state index contributed by atoms with van der Waals surface area (Å²) in [6.07, 6.45) is 2.64. The number of aromatic nitrogens is 1. The van der Waals surface area contributed by atoms with E-state index in [-0.39, 0.29) is 11.5 Å². The van der Waals surface area contributed by atoms with Gasteiger partial charge in [-0.25, -0.2) is 4.79 Å². The largest absolute Gasteiger partial charge is 0.461 e. The van der Waals surface area contributed by atoms with Crippen molar-refractivity contribution in [1.82, 2.24) is 4.98 Å². The second kappa shape index (κ2) is 4.99. The minimum atomic E-state index is -0.508. The first-order valence-corrected chi connectivity index (χ1v) is 5.60. The molecule has 1 aromatic rings. The number of piperidine rings is 1. The summed E-state index contributed by atoms with van der Waals surface area (Å²) in [5.41, 5.74) is 0.139. The van der Waals surface area contributed by atoms with Crippen molar-refractivity contribution in [3.8, 4) is 0 Å². The van der Waals surface area contributed by atoms with Crippen LogP contribution in [0.15, 0.2) is 10.7 Å². The number of oxazole rings is 1. The van der Waals surface area contributed by atoms with Gasteiger partial charge in [0.1, 0.15) is 6.26 Å². The van der Waals surface area contributed by atoms with Crippen molar-refractivity contribution in [2.75, 3.05) is 24.6 Å². The van der Waals surface area contributed by atoms with Gasteiger partial charge in [-0.2, -0.15) is 4.98 Å². The molecule has 0 bridgehead atoms. The third-order valence-electron chi connectivity index (χ3n) is 2.50. The lowest BCUT2D eigenvalue weighted by Gasteiger charge is -2.23. The Labute approximate surface area is 98.6 Å². The number of ether oxygens (including phenoxy) is 1. The van der Waals surface area contributed by atoms with Crippen LogP contribution in [0.4, 0.5) is 6.01 Å². The quantitative estimate of drug-likeness (QED) is 0.732. The summed E-state index contributed by atoms with van der Waals surface area (Å²) in [4.78, 5) is 28.4. The molecule has 0 N–H and O–H groups in total. The summed E-state index contributed by atoms with van der Waals surface area (Å²) >= 11 is 0. The lowest BCUT2D eigenvalue weighted by molar-refractivity contribution is -0.118. The Morgan fingerprint density at radius 3 is 3.18 bits per heavy atom. The highest BCUT2D eigenvalue weighted by Crippen LogP contribution is 2.18. The van der Waals surface area contributed by atoms with Crippen LogP contribution in [0.5, 0.6) is 0 Å². The second-order valence-electron chi connectivity index (χ2n) is 3.80. The van der Waals surface area contributed by atoms with Crippen LogP contribution < -0.4 is 4.90 Å². The van der Waals surface area contributed by atoms with Crippen LogP contribution >= 0.6 is 0 Å². The Morgan fingerprint density at radius 2 is 2.47 bits per heavy atom. The molecule has 1 aromatic heterocycles. The lowest BCUT2D eigenvalue weighted by atomic mass is 10.1. The van der Waals surface area contributed by atoms with E-state index in [1.165, 1.54) is 6.26 Å². The zero-order valence-electron chi connectivity index (χ0n) is 9.64. The minimum Gasteiger partial charge on any atom is -0.461 e. The van der Waals surface area contributed by atoms with E-state index in [1.54, 1.807) is 11.8 Å². The van der Waals surface area contributed by atoms with Gasteiger partial charge >= 0.3 is 5.97 Å². The summed E-state index contributed by atoms with van der Waals surface area (Å²) < 4.78 is 9.98. The molecule has 6 heteroatoms. The summed E-state index contributed by atoms with van der Waals surface area (Å²) in [7, 11) is 0. The van der Waals surface area contributed by atoms with E-state index in [2.05, 4.69) is 4.98 Å². The molecule has 2 rings (SSSR count). The highest BCUT2D eigenvalue weighted by atomic mass is 16.5. The van der Waals surface area contributed by atoms with Gasteiger partial charge in [0, 0.05) is 13.0 Å². The number of hydrogen-bond acceptors (Lipinski definition) is 6. The van der Waals surface area contributed by atoms with E-state index in [0.29, 0.717) is 32.1 Å². The maximum absolute atomic E-state index is 11.4. The monoisotopic (exact) mass is 238 g/mol. The second-order valence-corrected chi connectivity index (χ2v) is 3.80. The van der Waals surface area contributed by atoms with Gasteiger partial charge in [-0.1, -0.05) is 0 Å². The molecule has 1 aliphatic rings. The van der Waals surface area contributed by atoms with Crippen molar-refractivity contribution in [2.45, 2.75) is 19.8 Å². The molecular formula is C11H14N2O4. The number of hydrogen-bond donors (Lipinski definition) is 0. The van der Waals surface area contributed by atoms with Gasteiger partial charge in [0.05, 0.1) is 13.2 Å². The van der Waals surface area contributed by atoms with Crippen LogP contribution in [0.1, 0.15) is 30.3 Å². The van der Waals surface area contributed by atoms with Crippen molar-refractivity contribution in [2.24, 2.45) is 0 Å². The molecule has 2 heterocycles. The van der Waals surface area contributed by atoms with Crippen molar-refractivity contribution >= 4 is 17.8 Å². The first-order chi connectivity index (χ1) is 8.20. The Hall–Kier alpha value is -1.85. The van der Waals surface area contributed by atoms with Gasteiger partial charge in [0.15, 0.2) is 11.5 Å². The molecule has 0 amide bonds. The molecule has 0 saturated carbocycles. The van der Waals surface area contributed by atoms with Gasteiger partial charge < -0.3 is 14.1 Å². The van der Waals surface area contributed by atoms with E-state index in [4.69, 9.17) is 9.15 Å². The lowest BCUT2D eigenvalue weighted by Crippen LogP contribution is -2.35. The molecule has 0 aromatic carbocycles. The fourth-order valence-corrected chi connectivity index (χ4v) is 1.71. The first kappa shape index (κ1) is 11.6. The Kier molecular flexibility index (Phi) is 3.41. The Bertz CT molecular complexity index is 427. The number of rotatable bonds is 3. The van der Waals surface area contributed by atoms with Gasteiger partial charge in [-0.05, 0) is 13.3 Å². The Morgan fingerprint density at radius 1 is 1.65 bits per heavy atom. The highest BCUT2D eigenvalue weighted by molar-refractivity contribution is 5.87. The SMILES string of the molecule is CCOC(=O)c1coc(N2CCCC(=O)C2)n1. The number of anilines is 1. The summed E-state index contributed by atoms with van der Waals surface area (Å²) in [5.74, 6) is -0.349. The van der Waals surface area contributed by atoms with Crippen molar-refractivity contribution < 1.29 is 18.7 Å². The van der Waals surface area contributed by atoms with Gasteiger partial charge in [-0.3, -0.25) is 4.79 Å². The predicted molar refractivity (Wildman–Crippen MR) is 58.9 cm³/mol. The molecule has 0 radical (unpaired) electrons. The Balaban J connectivity index is 2.07. The van der Waals surface area contributed by atoms with Crippen molar-refractivity contribution in [3.63, 3.8) is 0 Å². The standard InChI is InChI=1S/C11H14N2O4/c1-2-16-10(15)9-7-17-11(12-9)13-5-3-4-8(14)6-13/h7H,2-6H2,1H3. The number of Topliss-reactive ketones (excluding diaryl/α,β-unsaturated/α-hetero) is 1. The topological polar surface area (TPSA) is 72.6 Å².